The van der Waals surface area contributed by atoms with E-state index < -0.39 is 17.8 Å². The average molecular weight is 639 g/mol. The number of carbonyl (C=O) groups excluding carboxylic acids is 3. The largest absolute Gasteiger partial charge is 0.399 e. The first-order valence-corrected chi connectivity index (χ1v) is 16.5. The average Bonchev–Trinajstić information content (AvgIpc) is 2.96. The highest BCUT2D eigenvalue weighted by molar-refractivity contribution is 6.63. The van der Waals surface area contributed by atoms with Gasteiger partial charge in [0.2, 0.25) is 23.0 Å². The molecule has 0 radical (unpaired) electrons. The van der Waals surface area contributed by atoms with E-state index in [2.05, 4.69) is 29.1 Å². The Bertz CT molecular complexity index is 1030. The van der Waals surface area contributed by atoms with Crippen LogP contribution in [0.1, 0.15) is 136 Å². The molecular weight excluding hydrogens is 586 g/mol. The van der Waals surface area contributed by atoms with Crippen LogP contribution in [0.4, 0.5) is 20.2 Å². The molecule has 248 valence electrons. The Labute approximate surface area is 268 Å². The molecule has 0 saturated carbocycles. The standard InChI is InChI=1S/C17H25FN2O2.C12H23ClO.C5H5FN2/c1-2-3-4-5-6-7-8-9-15(21)13-17(22)20-14-10-11-19-16(18)12-14;1-2-3-4-5-6-7-8-9-10-11-12(13)14;6-5-3-4(7)1-2-8-5/h10-12H,2-9,13H2,1H3,(H,19,20,22);2-11H2,1H3;1-3H,(H2,7,8). The van der Waals surface area contributed by atoms with Crippen LogP contribution in [-0.2, 0) is 14.4 Å². The van der Waals surface area contributed by atoms with E-state index in [1.54, 1.807) is 0 Å². The molecule has 7 nitrogen and oxygen atoms in total. The van der Waals surface area contributed by atoms with E-state index in [4.69, 9.17) is 17.3 Å². The molecule has 0 atom stereocenters. The van der Waals surface area contributed by atoms with E-state index in [0.717, 1.165) is 38.2 Å². The third-order valence-electron chi connectivity index (χ3n) is 6.65. The van der Waals surface area contributed by atoms with E-state index in [0.29, 0.717) is 24.2 Å². The normalized spacial score (nSPS) is 10.2. The quantitative estimate of drug-likeness (QED) is 0.0608. The molecule has 0 aromatic carbocycles. The Kier molecular flexibility index (Phi) is 26.9. The highest BCUT2D eigenvalue weighted by Crippen LogP contribution is 2.12. The Morgan fingerprint density at radius 3 is 1.59 bits per heavy atom. The van der Waals surface area contributed by atoms with Crippen molar-refractivity contribution in [3.63, 3.8) is 0 Å². The van der Waals surface area contributed by atoms with Gasteiger partial charge in [-0.1, -0.05) is 104 Å². The van der Waals surface area contributed by atoms with Crippen LogP contribution in [0.25, 0.3) is 0 Å². The van der Waals surface area contributed by atoms with Crippen LogP contribution < -0.4 is 11.1 Å². The third kappa shape index (κ3) is 27.9. The molecule has 2 heterocycles. The zero-order valence-electron chi connectivity index (χ0n) is 26.7. The minimum atomic E-state index is -0.660. The number of nitrogens with two attached hydrogens (primary N) is 1. The van der Waals surface area contributed by atoms with E-state index >= 15 is 0 Å². The van der Waals surface area contributed by atoms with Gasteiger partial charge in [0.15, 0.2) is 0 Å². The van der Waals surface area contributed by atoms with Gasteiger partial charge in [-0.2, -0.15) is 8.78 Å². The molecule has 2 aromatic heterocycles. The van der Waals surface area contributed by atoms with Crippen LogP contribution in [0.5, 0.6) is 0 Å². The number of rotatable bonds is 21. The lowest BCUT2D eigenvalue weighted by Crippen LogP contribution is -2.16. The van der Waals surface area contributed by atoms with Gasteiger partial charge in [0.05, 0.1) is 6.42 Å². The molecule has 1 amide bonds. The molecule has 2 rings (SSSR count). The molecule has 0 fully saturated rings. The lowest BCUT2D eigenvalue weighted by molar-refractivity contribution is -0.125. The first kappa shape index (κ1) is 41.1. The molecule has 0 saturated heterocycles. The zero-order chi connectivity index (χ0) is 32.8. The number of nitrogens with one attached hydrogen (secondary N) is 1. The smallest absolute Gasteiger partial charge is 0.231 e. The molecule has 0 aliphatic carbocycles. The topological polar surface area (TPSA) is 115 Å². The summed E-state index contributed by atoms with van der Waals surface area (Å²) in [5, 5.41) is 2.31. The minimum absolute atomic E-state index is 0.0689. The van der Waals surface area contributed by atoms with Crippen LogP contribution in [0.3, 0.4) is 0 Å². The second-order valence-electron chi connectivity index (χ2n) is 10.8. The summed E-state index contributed by atoms with van der Waals surface area (Å²) in [4.78, 5) is 40.5. The highest BCUT2D eigenvalue weighted by atomic mass is 35.5. The van der Waals surface area contributed by atoms with Gasteiger partial charge in [0.1, 0.15) is 5.78 Å². The third-order valence-corrected chi connectivity index (χ3v) is 6.84. The Hall–Kier alpha value is -2.94. The number of unbranched alkanes of at least 4 members (excludes halogenated alkanes) is 14. The Morgan fingerprint density at radius 2 is 1.16 bits per heavy atom. The van der Waals surface area contributed by atoms with Crippen LogP contribution in [0, 0.1) is 11.9 Å². The molecule has 0 aliphatic heterocycles. The molecule has 0 unspecified atom stereocenters. The molecule has 0 bridgehead atoms. The number of carbonyl (C=O) groups is 3. The number of nitrogen functional groups attached to an aromatic ring is 1. The lowest BCUT2D eigenvalue weighted by Gasteiger charge is -2.05. The second kappa shape index (κ2) is 28.8. The summed E-state index contributed by atoms with van der Waals surface area (Å²) in [6.45, 7) is 4.42. The van der Waals surface area contributed by atoms with Crippen molar-refractivity contribution in [2.24, 2.45) is 0 Å². The monoisotopic (exact) mass is 638 g/mol. The number of aromatic nitrogens is 2. The Balaban J connectivity index is 0.000000712. The van der Waals surface area contributed by atoms with Crippen molar-refractivity contribution in [1.82, 2.24) is 9.97 Å². The summed E-state index contributed by atoms with van der Waals surface area (Å²) in [6, 6.07) is 5.31. The first-order chi connectivity index (χ1) is 21.2. The molecule has 0 aliphatic rings. The fraction of sp³-hybridized carbons (Fsp3) is 0.618. The number of pyridine rings is 2. The maximum Gasteiger partial charge on any atom is 0.231 e. The van der Waals surface area contributed by atoms with Crippen molar-refractivity contribution in [2.45, 2.75) is 136 Å². The van der Waals surface area contributed by atoms with Crippen molar-refractivity contribution in [3.8, 4) is 0 Å². The van der Waals surface area contributed by atoms with Gasteiger partial charge < -0.3 is 11.1 Å². The molecule has 0 spiro atoms. The summed E-state index contributed by atoms with van der Waals surface area (Å²) in [5.41, 5.74) is 5.90. The van der Waals surface area contributed by atoms with Gasteiger partial charge in [0.25, 0.3) is 0 Å². The maximum atomic E-state index is 12.9. The van der Waals surface area contributed by atoms with Crippen molar-refractivity contribution >= 4 is 39.9 Å². The molecular formula is C34H53ClF2N4O3. The van der Waals surface area contributed by atoms with Crippen LogP contribution >= 0.6 is 11.6 Å². The van der Waals surface area contributed by atoms with Gasteiger partial charge in [-0.15, -0.1) is 0 Å². The predicted molar refractivity (Wildman–Crippen MR) is 176 cm³/mol. The first-order valence-electron chi connectivity index (χ1n) is 16.2. The molecule has 2 aromatic rings. The number of ketones is 1. The number of nitrogens with zero attached hydrogens (tertiary/aromatic N) is 2. The summed E-state index contributed by atoms with van der Waals surface area (Å²) >= 11 is 5.24. The fourth-order valence-corrected chi connectivity index (χ4v) is 4.36. The summed E-state index contributed by atoms with van der Waals surface area (Å²) in [5.74, 6) is -1.67. The number of anilines is 2. The maximum absolute atomic E-state index is 12.9. The van der Waals surface area contributed by atoms with E-state index in [9.17, 15) is 23.2 Å². The van der Waals surface area contributed by atoms with Crippen molar-refractivity contribution in [3.05, 3.63) is 48.6 Å². The summed E-state index contributed by atoms with van der Waals surface area (Å²) in [6.07, 6.45) is 22.9. The number of amides is 1. The van der Waals surface area contributed by atoms with E-state index in [-0.39, 0.29) is 17.4 Å². The van der Waals surface area contributed by atoms with Crippen LogP contribution in [-0.4, -0.2) is 26.9 Å². The Morgan fingerprint density at radius 1 is 0.705 bits per heavy atom. The van der Waals surface area contributed by atoms with Crippen molar-refractivity contribution in [2.75, 3.05) is 11.1 Å². The van der Waals surface area contributed by atoms with Crippen molar-refractivity contribution < 1.29 is 23.2 Å². The number of halogens is 3. The van der Waals surface area contributed by atoms with Gasteiger partial charge in [-0.3, -0.25) is 14.4 Å². The zero-order valence-corrected chi connectivity index (χ0v) is 27.5. The number of hydrogen-bond acceptors (Lipinski definition) is 6. The van der Waals surface area contributed by atoms with Gasteiger partial charge in [0, 0.05) is 48.7 Å². The van der Waals surface area contributed by atoms with Crippen LogP contribution in [0.15, 0.2) is 36.7 Å². The molecule has 10 heteroatoms. The summed E-state index contributed by atoms with van der Waals surface area (Å²) < 4.78 is 24.8. The number of hydrogen-bond donors (Lipinski definition) is 2. The highest BCUT2D eigenvalue weighted by Gasteiger charge is 2.10. The van der Waals surface area contributed by atoms with E-state index in [1.165, 1.54) is 101 Å². The fourth-order valence-electron chi connectivity index (χ4n) is 4.22. The molecule has 3 N–H and O–H groups in total. The van der Waals surface area contributed by atoms with Gasteiger partial charge >= 0.3 is 0 Å². The van der Waals surface area contributed by atoms with Gasteiger partial charge in [-0.05, 0) is 36.6 Å². The van der Waals surface area contributed by atoms with Crippen molar-refractivity contribution in [1.29, 1.82) is 0 Å². The van der Waals surface area contributed by atoms with Crippen LogP contribution in [0.2, 0.25) is 0 Å². The second-order valence-corrected chi connectivity index (χ2v) is 11.3. The SMILES string of the molecule is CCCCCCCCCC(=O)CC(=O)Nc1ccnc(F)c1.CCCCCCCCCCCC(=O)Cl.Nc1ccnc(F)c1. The predicted octanol–water partition coefficient (Wildman–Crippen LogP) is 9.73. The number of Topliss-reactive ketones (excluding diaryl/α,β-unsaturated/α-hetero) is 1. The van der Waals surface area contributed by atoms with E-state index in [1.807, 2.05) is 0 Å². The van der Waals surface area contributed by atoms with Gasteiger partial charge in [-0.25, -0.2) is 9.97 Å². The lowest BCUT2D eigenvalue weighted by atomic mass is 10.1. The summed E-state index contributed by atoms with van der Waals surface area (Å²) in [7, 11) is 0. The minimum Gasteiger partial charge on any atom is -0.399 e. The molecule has 44 heavy (non-hydrogen) atoms.